The second-order valence-electron chi connectivity index (χ2n) is 11.4. The normalized spacial score (nSPS) is 31.5. The van der Waals surface area contributed by atoms with E-state index in [2.05, 4.69) is 64.8 Å². The summed E-state index contributed by atoms with van der Waals surface area (Å²) in [6.45, 7) is 17.1. The molecule has 29 heavy (non-hydrogen) atoms. The minimum Gasteiger partial charge on any atom is -0.414 e. The Bertz CT molecular complexity index is 659. The molecule has 0 radical (unpaired) electrons. The van der Waals surface area contributed by atoms with Gasteiger partial charge in [0.25, 0.3) is 0 Å². The molecule has 4 heteroatoms. The van der Waals surface area contributed by atoms with Crippen LogP contribution in [-0.4, -0.2) is 25.2 Å². The average Bonchev–Trinajstić information content (AvgIpc) is 2.99. The number of rotatable bonds is 7. The number of nitrogens with zero attached hydrogens (tertiary/aromatic N) is 1. The van der Waals surface area contributed by atoms with Gasteiger partial charge in [-0.05, 0) is 91.3 Å². The maximum atomic E-state index is 7.02. The maximum absolute atomic E-state index is 7.02. The standard InChI is InChI=1S/C25H43NOSSi/c1-19(14-18-28-20-12-16-26-17-13-20)21-10-11-22-23(9-8-15-25(21,22)5)27-29(6,7)24(2,3)4/h12-13,16-17,19,21-23H,8-11,14-15,18H2,1-7H3/t19-,21?,22+,23+,25-/m1/s1. The molecule has 0 saturated heterocycles. The van der Waals surface area contributed by atoms with Crippen LogP contribution in [0.1, 0.15) is 73.1 Å². The Labute approximate surface area is 185 Å². The highest BCUT2D eigenvalue weighted by molar-refractivity contribution is 7.99. The zero-order chi connectivity index (χ0) is 21.3. The van der Waals surface area contributed by atoms with Crippen molar-refractivity contribution in [1.29, 1.82) is 0 Å². The first kappa shape index (κ1) is 23.3. The molecule has 0 N–H and O–H groups in total. The van der Waals surface area contributed by atoms with Crippen LogP contribution in [0.25, 0.3) is 0 Å². The Morgan fingerprint density at radius 3 is 2.55 bits per heavy atom. The van der Waals surface area contributed by atoms with Gasteiger partial charge >= 0.3 is 0 Å². The molecule has 2 aliphatic rings. The Morgan fingerprint density at radius 1 is 1.21 bits per heavy atom. The highest BCUT2D eigenvalue weighted by Gasteiger charge is 2.54. The van der Waals surface area contributed by atoms with E-state index in [0.717, 1.165) is 17.8 Å². The molecule has 1 unspecified atom stereocenters. The first-order valence-electron chi connectivity index (χ1n) is 11.8. The summed E-state index contributed by atoms with van der Waals surface area (Å²) in [4.78, 5) is 5.48. The van der Waals surface area contributed by atoms with Gasteiger partial charge in [-0.2, -0.15) is 0 Å². The van der Waals surface area contributed by atoms with E-state index in [-0.39, 0.29) is 0 Å². The fourth-order valence-electron chi connectivity index (χ4n) is 5.79. The van der Waals surface area contributed by atoms with E-state index in [1.54, 1.807) is 0 Å². The predicted molar refractivity (Wildman–Crippen MR) is 129 cm³/mol. The lowest BCUT2D eigenvalue weighted by atomic mass is 9.61. The van der Waals surface area contributed by atoms with Crippen molar-refractivity contribution >= 4 is 20.1 Å². The van der Waals surface area contributed by atoms with Crippen molar-refractivity contribution < 1.29 is 4.43 Å². The summed E-state index contributed by atoms with van der Waals surface area (Å²) in [7, 11) is -1.70. The molecule has 2 fully saturated rings. The molecule has 2 aliphatic carbocycles. The summed E-state index contributed by atoms with van der Waals surface area (Å²) in [6, 6.07) is 4.26. The molecule has 0 aliphatic heterocycles. The third kappa shape index (κ3) is 5.12. The lowest BCUT2D eigenvalue weighted by Crippen LogP contribution is -2.50. The summed E-state index contributed by atoms with van der Waals surface area (Å²) in [5.41, 5.74) is 0.478. The van der Waals surface area contributed by atoms with E-state index in [1.165, 1.54) is 49.2 Å². The van der Waals surface area contributed by atoms with Crippen molar-refractivity contribution in [2.45, 2.75) is 102 Å². The van der Waals surface area contributed by atoms with Gasteiger partial charge in [-0.25, -0.2) is 0 Å². The lowest BCUT2D eigenvalue weighted by molar-refractivity contribution is -0.0205. The summed E-state index contributed by atoms with van der Waals surface area (Å²) >= 11 is 1.99. The minimum atomic E-state index is -1.70. The fourth-order valence-corrected chi connectivity index (χ4v) is 8.22. The number of hydrogen-bond acceptors (Lipinski definition) is 3. The van der Waals surface area contributed by atoms with Gasteiger partial charge in [-0.15, -0.1) is 11.8 Å². The van der Waals surface area contributed by atoms with Gasteiger partial charge in [0, 0.05) is 23.4 Å². The lowest BCUT2D eigenvalue weighted by Gasteiger charge is -2.50. The van der Waals surface area contributed by atoms with Crippen LogP contribution in [-0.2, 0) is 4.43 Å². The third-order valence-corrected chi connectivity index (χ3v) is 14.1. The quantitative estimate of drug-likeness (QED) is 0.323. The summed E-state index contributed by atoms with van der Waals surface area (Å²) < 4.78 is 7.02. The van der Waals surface area contributed by atoms with E-state index in [9.17, 15) is 0 Å². The van der Waals surface area contributed by atoms with Crippen molar-refractivity contribution in [2.24, 2.45) is 23.2 Å². The number of pyridine rings is 1. The van der Waals surface area contributed by atoms with Crippen LogP contribution in [0.15, 0.2) is 29.4 Å². The van der Waals surface area contributed by atoms with Crippen molar-refractivity contribution in [3.8, 4) is 0 Å². The first-order chi connectivity index (χ1) is 13.5. The molecular formula is C25H43NOSSi. The molecule has 3 rings (SSSR count). The average molecular weight is 434 g/mol. The summed E-state index contributed by atoms with van der Waals surface area (Å²) in [5, 5.41) is 0.302. The van der Waals surface area contributed by atoms with E-state index < -0.39 is 8.32 Å². The van der Waals surface area contributed by atoms with Gasteiger partial charge in [0.15, 0.2) is 8.32 Å². The second-order valence-corrected chi connectivity index (χ2v) is 17.3. The van der Waals surface area contributed by atoms with Crippen LogP contribution in [0.5, 0.6) is 0 Å². The molecular weight excluding hydrogens is 390 g/mol. The van der Waals surface area contributed by atoms with Crippen molar-refractivity contribution in [3.63, 3.8) is 0 Å². The zero-order valence-corrected chi connectivity index (χ0v) is 21.6. The van der Waals surface area contributed by atoms with Gasteiger partial charge in [-0.1, -0.05) is 41.0 Å². The van der Waals surface area contributed by atoms with E-state index in [0.29, 0.717) is 16.6 Å². The SMILES string of the molecule is C[C@H](CCSc1ccncc1)C1CC[C@H]2[C@@H](O[Si](C)(C)C(C)(C)C)CCC[C@]12C. The number of hydrogen-bond donors (Lipinski definition) is 0. The Balaban J connectivity index is 1.61. The van der Waals surface area contributed by atoms with Crippen LogP contribution < -0.4 is 0 Å². The highest BCUT2D eigenvalue weighted by atomic mass is 32.2. The van der Waals surface area contributed by atoms with E-state index in [1.807, 2.05) is 24.2 Å². The van der Waals surface area contributed by atoms with Gasteiger partial charge < -0.3 is 4.43 Å². The predicted octanol–water partition coefficient (Wildman–Crippen LogP) is 7.81. The minimum absolute atomic E-state index is 0.302. The van der Waals surface area contributed by atoms with Gasteiger partial charge in [0.1, 0.15) is 0 Å². The molecule has 1 aromatic rings. The van der Waals surface area contributed by atoms with Gasteiger partial charge in [0.05, 0.1) is 0 Å². The Morgan fingerprint density at radius 2 is 1.90 bits per heavy atom. The molecule has 0 amide bonds. The van der Waals surface area contributed by atoms with Crippen LogP contribution in [0, 0.1) is 23.2 Å². The largest absolute Gasteiger partial charge is 0.414 e. The van der Waals surface area contributed by atoms with Crippen molar-refractivity contribution in [3.05, 3.63) is 24.5 Å². The highest BCUT2D eigenvalue weighted by Crippen LogP contribution is 2.59. The number of thioether (sulfide) groups is 1. The molecule has 0 aromatic carbocycles. The third-order valence-electron chi connectivity index (χ3n) is 8.57. The topological polar surface area (TPSA) is 22.1 Å². The van der Waals surface area contributed by atoms with Gasteiger partial charge in [0.2, 0.25) is 0 Å². The fraction of sp³-hybridized carbons (Fsp3) is 0.800. The molecule has 1 heterocycles. The molecule has 164 valence electrons. The summed E-state index contributed by atoms with van der Waals surface area (Å²) in [5.74, 6) is 3.64. The van der Waals surface area contributed by atoms with E-state index >= 15 is 0 Å². The number of aromatic nitrogens is 1. The maximum Gasteiger partial charge on any atom is 0.192 e. The van der Waals surface area contributed by atoms with Crippen LogP contribution in [0.4, 0.5) is 0 Å². The van der Waals surface area contributed by atoms with Crippen molar-refractivity contribution in [2.75, 3.05) is 5.75 Å². The smallest absolute Gasteiger partial charge is 0.192 e. The molecule has 0 spiro atoms. The van der Waals surface area contributed by atoms with Crippen LogP contribution >= 0.6 is 11.8 Å². The molecule has 2 nitrogen and oxygen atoms in total. The Kier molecular flexibility index (Phi) is 7.28. The van der Waals surface area contributed by atoms with Gasteiger partial charge in [-0.3, -0.25) is 4.98 Å². The zero-order valence-electron chi connectivity index (χ0n) is 19.8. The molecule has 2 saturated carbocycles. The first-order valence-corrected chi connectivity index (χ1v) is 15.6. The van der Waals surface area contributed by atoms with Crippen LogP contribution in [0.3, 0.4) is 0 Å². The van der Waals surface area contributed by atoms with Crippen molar-refractivity contribution in [1.82, 2.24) is 4.98 Å². The van der Waals surface area contributed by atoms with E-state index in [4.69, 9.17) is 4.43 Å². The second kappa shape index (κ2) is 9.04. The van der Waals surface area contributed by atoms with Crippen LogP contribution in [0.2, 0.25) is 18.1 Å². The summed E-state index contributed by atoms with van der Waals surface area (Å²) in [6.07, 6.45) is 12.4. The molecule has 0 bridgehead atoms. The number of fused-ring (bicyclic) bond motifs is 1. The monoisotopic (exact) mass is 433 g/mol. The molecule has 5 atom stereocenters. The molecule has 1 aromatic heterocycles. The Hall–Kier alpha value is -0.323.